The van der Waals surface area contributed by atoms with E-state index in [1.54, 1.807) is 0 Å². The molecule has 0 atom stereocenters. The summed E-state index contributed by atoms with van der Waals surface area (Å²) in [5, 5.41) is 0. The lowest BCUT2D eigenvalue weighted by Gasteiger charge is -1.91. The van der Waals surface area contributed by atoms with Crippen LogP contribution in [0, 0.1) is 0 Å². The Morgan fingerprint density at radius 1 is 0.889 bits per heavy atom. The second-order valence-corrected chi connectivity index (χ2v) is 2.45. The molecule has 0 aliphatic carbocycles. The first-order chi connectivity index (χ1) is 3.80. The quantitative estimate of drug-likeness (QED) is 0.499. The topological polar surface area (TPSA) is 35.0 Å². The van der Waals surface area contributed by atoms with E-state index in [0.717, 1.165) is 9.79 Å². The highest BCUT2D eigenvalue weighted by molar-refractivity contribution is 7.83. The van der Waals surface area contributed by atoms with E-state index in [-0.39, 0.29) is 6.15 Å². The van der Waals surface area contributed by atoms with Gasteiger partial charge in [-0.2, -0.15) is 0 Å². The van der Waals surface area contributed by atoms with Gasteiger partial charge in [0.1, 0.15) is 0 Å². The zero-order chi connectivity index (χ0) is 5.98. The molecule has 1 rings (SSSR count). The predicted octanol–water partition coefficient (Wildman–Crippen LogP) is 2.43. The van der Waals surface area contributed by atoms with Crippen LogP contribution >= 0.6 is 25.3 Å². The van der Waals surface area contributed by atoms with Crippen molar-refractivity contribution in [3.63, 3.8) is 0 Å². The van der Waals surface area contributed by atoms with Crippen LogP contribution in [0.15, 0.2) is 34.1 Å². The molecule has 1 nitrogen and oxygen atoms in total. The highest BCUT2D eigenvalue weighted by atomic mass is 32.1. The van der Waals surface area contributed by atoms with Gasteiger partial charge in [0.15, 0.2) is 0 Å². The Bertz CT molecular complexity index is 167. The van der Waals surface area contributed by atoms with Crippen LogP contribution in [0.2, 0.25) is 0 Å². The summed E-state index contributed by atoms with van der Waals surface area (Å²) in [6.07, 6.45) is 0. The number of rotatable bonds is 0. The van der Waals surface area contributed by atoms with Crippen molar-refractivity contribution in [2.45, 2.75) is 9.79 Å². The van der Waals surface area contributed by atoms with E-state index in [4.69, 9.17) is 0 Å². The van der Waals surface area contributed by atoms with Gasteiger partial charge in [-0.1, -0.05) is 12.1 Å². The number of hydrogen-bond acceptors (Lipinski definition) is 3. The summed E-state index contributed by atoms with van der Waals surface area (Å²) in [6, 6.07) is 7.68. The smallest absolute Gasteiger partial charge is 0.0174 e. The molecule has 0 spiro atoms. The largest absolute Gasteiger partial charge is 0.344 e. The monoisotopic (exact) mass is 159 g/mol. The molecule has 3 N–H and O–H groups in total. The van der Waals surface area contributed by atoms with E-state index in [9.17, 15) is 0 Å². The van der Waals surface area contributed by atoms with Gasteiger partial charge in [-0.15, -0.1) is 25.3 Å². The molecule has 1 aromatic carbocycles. The van der Waals surface area contributed by atoms with Crippen molar-refractivity contribution in [2.75, 3.05) is 0 Å². The summed E-state index contributed by atoms with van der Waals surface area (Å²) in [4.78, 5) is 1.85. The minimum atomic E-state index is 0. The summed E-state index contributed by atoms with van der Waals surface area (Å²) < 4.78 is 0. The maximum atomic E-state index is 4.12. The van der Waals surface area contributed by atoms with Crippen LogP contribution in [0.1, 0.15) is 0 Å². The molecule has 0 aliphatic heterocycles. The fourth-order valence-electron chi connectivity index (χ4n) is 0.464. The Hall–Kier alpha value is -0.120. The van der Waals surface area contributed by atoms with Gasteiger partial charge in [-0.05, 0) is 12.1 Å². The van der Waals surface area contributed by atoms with Crippen molar-refractivity contribution in [3.8, 4) is 0 Å². The molecule has 0 bridgehead atoms. The maximum absolute atomic E-state index is 4.12. The summed E-state index contributed by atoms with van der Waals surface area (Å²) in [6.45, 7) is 0. The third-order valence-electron chi connectivity index (χ3n) is 0.882. The molecule has 1 aromatic rings. The molecule has 0 heterocycles. The first-order valence-corrected chi connectivity index (χ1v) is 3.17. The summed E-state index contributed by atoms with van der Waals surface area (Å²) in [5.41, 5.74) is 0. The van der Waals surface area contributed by atoms with Gasteiger partial charge in [0.25, 0.3) is 0 Å². The molecule has 0 saturated heterocycles. The van der Waals surface area contributed by atoms with Gasteiger partial charge >= 0.3 is 0 Å². The molecule has 3 heteroatoms. The predicted molar refractivity (Wildman–Crippen MR) is 46.0 cm³/mol. The van der Waals surface area contributed by atoms with E-state index >= 15 is 0 Å². The van der Waals surface area contributed by atoms with Crippen LogP contribution in [0.4, 0.5) is 0 Å². The zero-order valence-electron chi connectivity index (χ0n) is 4.91. The maximum Gasteiger partial charge on any atom is 0.0174 e. The van der Waals surface area contributed by atoms with Crippen LogP contribution in [0.5, 0.6) is 0 Å². The molecule has 50 valence electrons. The molecule has 0 aromatic heterocycles. The van der Waals surface area contributed by atoms with Crippen LogP contribution in [0.3, 0.4) is 0 Å². The number of hydrogen-bond donors (Lipinski definition) is 3. The Morgan fingerprint density at radius 3 is 1.44 bits per heavy atom. The van der Waals surface area contributed by atoms with Crippen molar-refractivity contribution < 1.29 is 0 Å². The Kier molecular flexibility index (Phi) is 3.77. The van der Waals surface area contributed by atoms with Crippen LogP contribution < -0.4 is 6.15 Å². The molecule has 0 saturated carbocycles. The molecule has 0 fully saturated rings. The highest BCUT2D eigenvalue weighted by Gasteiger charge is 1.86. The van der Waals surface area contributed by atoms with E-state index < -0.39 is 0 Å². The van der Waals surface area contributed by atoms with E-state index in [1.807, 2.05) is 24.3 Å². The molecule has 0 amide bonds. The van der Waals surface area contributed by atoms with Gasteiger partial charge in [0.05, 0.1) is 0 Å². The normalized spacial score (nSPS) is 8.22. The summed E-state index contributed by atoms with van der Waals surface area (Å²) in [5.74, 6) is 0. The van der Waals surface area contributed by atoms with Crippen molar-refractivity contribution >= 4 is 25.3 Å². The number of benzene rings is 1. The van der Waals surface area contributed by atoms with Gasteiger partial charge in [-0.3, -0.25) is 0 Å². The fourth-order valence-corrected chi connectivity index (χ4v) is 0.785. The van der Waals surface area contributed by atoms with Crippen LogP contribution in [0.25, 0.3) is 0 Å². The van der Waals surface area contributed by atoms with Crippen LogP contribution in [-0.4, -0.2) is 0 Å². The zero-order valence-corrected chi connectivity index (χ0v) is 6.70. The SMILES string of the molecule is N.Sc1ccccc1S. The van der Waals surface area contributed by atoms with Crippen molar-refractivity contribution in [1.82, 2.24) is 6.15 Å². The highest BCUT2D eigenvalue weighted by Crippen LogP contribution is 2.15. The van der Waals surface area contributed by atoms with E-state index in [2.05, 4.69) is 25.3 Å². The second-order valence-electron chi connectivity index (χ2n) is 1.49. The first-order valence-electron chi connectivity index (χ1n) is 2.27. The lowest BCUT2D eigenvalue weighted by molar-refractivity contribution is 1.27. The molecular formula is C6H9NS2. The lowest BCUT2D eigenvalue weighted by Crippen LogP contribution is -1.65. The average Bonchev–Trinajstić information content (AvgIpc) is 1.77. The second kappa shape index (κ2) is 3.82. The lowest BCUT2D eigenvalue weighted by atomic mass is 10.4. The Morgan fingerprint density at radius 2 is 1.22 bits per heavy atom. The molecule has 0 aliphatic rings. The van der Waals surface area contributed by atoms with Gasteiger partial charge in [0.2, 0.25) is 0 Å². The molecule has 0 radical (unpaired) electrons. The van der Waals surface area contributed by atoms with Gasteiger partial charge in [0, 0.05) is 9.79 Å². The average molecular weight is 159 g/mol. The van der Waals surface area contributed by atoms with Crippen LogP contribution in [-0.2, 0) is 0 Å². The molecular weight excluding hydrogens is 150 g/mol. The van der Waals surface area contributed by atoms with Crippen molar-refractivity contribution in [1.29, 1.82) is 0 Å². The van der Waals surface area contributed by atoms with Gasteiger partial charge < -0.3 is 6.15 Å². The number of thiol groups is 2. The summed E-state index contributed by atoms with van der Waals surface area (Å²) >= 11 is 8.24. The Balaban J connectivity index is 0.000000640. The minimum Gasteiger partial charge on any atom is -0.344 e. The molecule has 0 unspecified atom stereocenters. The van der Waals surface area contributed by atoms with E-state index in [0.29, 0.717) is 0 Å². The summed E-state index contributed by atoms with van der Waals surface area (Å²) in [7, 11) is 0. The van der Waals surface area contributed by atoms with Gasteiger partial charge in [-0.25, -0.2) is 0 Å². The third kappa shape index (κ3) is 2.30. The van der Waals surface area contributed by atoms with E-state index in [1.165, 1.54) is 0 Å². The van der Waals surface area contributed by atoms with Crippen molar-refractivity contribution in [3.05, 3.63) is 24.3 Å². The third-order valence-corrected chi connectivity index (χ3v) is 1.84. The first kappa shape index (κ1) is 8.88. The Labute approximate surface area is 65.9 Å². The minimum absolute atomic E-state index is 0. The fraction of sp³-hybridized carbons (Fsp3) is 0. The van der Waals surface area contributed by atoms with Crippen molar-refractivity contribution in [2.24, 2.45) is 0 Å². The molecule has 9 heavy (non-hydrogen) atoms. The standard InChI is InChI=1S/C6H6S2.H3N/c7-5-3-1-2-4-6(5)8;/h1-4,7-8H;1H3.